The van der Waals surface area contributed by atoms with Crippen LogP contribution in [0, 0.1) is 0 Å². The van der Waals surface area contributed by atoms with Crippen LogP contribution in [0.4, 0.5) is 0 Å². The molecule has 3 atom stereocenters. The lowest BCUT2D eigenvalue weighted by Gasteiger charge is -2.28. The Labute approximate surface area is 119 Å². The lowest BCUT2D eigenvalue weighted by molar-refractivity contribution is 0.101. The molecule has 1 saturated carbocycles. The minimum atomic E-state index is -3.63. The fourth-order valence-electron chi connectivity index (χ4n) is 2.44. The molecule has 0 radical (unpaired) electrons. The topological polar surface area (TPSA) is 86.6 Å². The second kappa shape index (κ2) is 6.22. The highest BCUT2D eigenvalue weighted by molar-refractivity contribution is 7.89. The molecule has 0 saturated heterocycles. The number of sulfonamides is 1. The van der Waals surface area contributed by atoms with E-state index in [0.29, 0.717) is 18.4 Å². The summed E-state index contributed by atoms with van der Waals surface area (Å²) in [5.41, 5.74) is 0.668. The first-order chi connectivity index (χ1) is 9.40. The molecule has 0 aliphatic heterocycles. The molecule has 2 rings (SSSR count). The Kier molecular flexibility index (Phi) is 4.80. The van der Waals surface area contributed by atoms with Gasteiger partial charge in [-0.1, -0.05) is 25.0 Å². The first-order valence-corrected chi connectivity index (χ1v) is 8.37. The molecule has 0 heterocycles. The van der Waals surface area contributed by atoms with Crippen molar-refractivity contribution in [2.24, 2.45) is 0 Å². The highest BCUT2D eigenvalue weighted by Crippen LogP contribution is 2.21. The van der Waals surface area contributed by atoms with Gasteiger partial charge in [0.05, 0.1) is 17.1 Å². The number of nitrogens with one attached hydrogen (secondary N) is 1. The van der Waals surface area contributed by atoms with Crippen molar-refractivity contribution in [2.45, 2.75) is 55.8 Å². The maximum absolute atomic E-state index is 12.2. The number of aliphatic hydroxyl groups is 2. The summed E-state index contributed by atoms with van der Waals surface area (Å²) in [4.78, 5) is 0.152. The third-order valence-electron chi connectivity index (χ3n) is 3.71. The zero-order chi connectivity index (χ0) is 14.8. The van der Waals surface area contributed by atoms with Gasteiger partial charge in [-0.15, -0.1) is 0 Å². The molecule has 3 unspecified atom stereocenters. The van der Waals surface area contributed by atoms with Gasteiger partial charge in [-0.3, -0.25) is 0 Å². The van der Waals surface area contributed by atoms with Crippen LogP contribution in [-0.4, -0.2) is 30.8 Å². The van der Waals surface area contributed by atoms with Crippen molar-refractivity contribution in [1.82, 2.24) is 4.72 Å². The number of aliphatic hydroxyl groups excluding tert-OH is 2. The van der Waals surface area contributed by atoms with Crippen LogP contribution < -0.4 is 4.72 Å². The first kappa shape index (κ1) is 15.4. The molecule has 0 amide bonds. The molecule has 1 fully saturated rings. The van der Waals surface area contributed by atoms with Gasteiger partial charge >= 0.3 is 0 Å². The number of rotatable bonds is 4. The molecule has 0 bridgehead atoms. The van der Waals surface area contributed by atoms with E-state index in [1.54, 1.807) is 19.1 Å². The van der Waals surface area contributed by atoms with Crippen molar-refractivity contribution in [3.8, 4) is 0 Å². The van der Waals surface area contributed by atoms with E-state index in [9.17, 15) is 18.6 Å². The van der Waals surface area contributed by atoms with Crippen LogP contribution in [0.3, 0.4) is 0 Å². The molecule has 1 aromatic rings. The Hall–Kier alpha value is -0.950. The molecule has 3 N–H and O–H groups in total. The van der Waals surface area contributed by atoms with Crippen molar-refractivity contribution in [2.75, 3.05) is 0 Å². The molecule has 1 aromatic carbocycles. The van der Waals surface area contributed by atoms with Crippen LogP contribution in [0.25, 0.3) is 0 Å². The molecular weight excluding hydrogens is 278 g/mol. The van der Waals surface area contributed by atoms with Gasteiger partial charge in [0, 0.05) is 6.04 Å². The Morgan fingerprint density at radius 2 is 1.80 bits per heavy atom. The minimum absolute atomic E-state index is 0.152. The lowest BCUT2D eigenvalue weighted by atomic mass is 9.93. The molecule has 1 aliphatic rings. The lowest BCUT2D eigenvalue weighted by Crippen LogP contribution is -2.44. The van der Waals surface area contributed by atoms with E-state index in [4.69, 9.17) is 0 Å². The van der Waals surface area contributed by atoms with Crippen molar-refractivity contribution >= 4 is 10.0 Å². The zero-order valence-electron chi connectivity index (χ0n) is 11.5. The molecule has 5 nitrogen and oxygen atoms in total. The van der Waals surface area contributed by atoms with Crippen LogP contribution in [-0.2, 0) is 10.0 Å². The predicted molar refractivity (Wildman–Crippen MR) is 75.7 cm³/mol. The fourth-order valence-corrected chi connectivity index (χ4v) is 3.75. The highest BCUT2D eigenvalue weighted by Gasteiger charge is 2.28. The van der Waals surface area contributed by atoms with Gasteiger partial charge < -0.3 is 10.2 Å². The number of benzene rings is 1. The number of hydrogen-bond donors (Lipinski definition) is 3. The monoisotopic (exact) mass is 299 g/mol. The fraction of sp³-hybridized carbons (Fsp3) is 0.571. The summed E-state index contributed by atoms with van der Waals surface area (Å²) >= 11 is 0. The van der Waals surface area contributed by atoms with Crippen LogP contribution >= 0.6 is 0 Å². The summed E-state index contributed by atoms with van der Waals surface area (Å²) in [6, 6.07) is 5.72. The van der Waals surface area contributed by atoms with E-state index >= 15 is 0 Å². The third kappa shape index (κ3) is 3.58. The molecular formula is C14H21NO4S. The van der Waals surface area contributed by atoms with Crippen molar-refractivity contribution in [3.05, 3.63) is 29.8 Å². The molecule has 1 aliphatic carbocycles. The van der Waals surface area contributed by atoms with Gasteiger partial charge in [0.15, 0.2) is 0 Å². The average Bonchev–Trinajstić information content (AvgIpc) is 2.41. The van der Waals surface area contributed by atoms with Crippen molar-refractivity contribution in [1.29, 1.82) is 0 Å². The first-order valence-electron chi connectivity index (χ1n) is 6.88. The van der Waals surface area contributed by atoms with Crippen LogP contribution in [0.15, 0.2) is 29.2 Å². The number of hydrogen-bond acceptors (Lipinski definition) is 4. The Balaban J connectivity index is 2.13. The Morgan fingerprint density at radius 1 is 1.20 bits per heavy atom. The van der Waals surface area contributed by atoms with E-state index in [-0.39, 0.29) is 4.90 Å². The molecule has 20 heavy (non-hydrogen) atoms. The van der Waals surface area contributed by atoms with Crippen LogP contribution in [0.2, 0.25) is 0 Å². The van der Waals surface area contributed by atoms with E-state index in [1.165, 1.54) is 12.1 Å². The van der Waals surface area contributed by atoms with Gasteiger partial charge in [-0.05, 0) is 37.5 Å². The van der Waals surface area contributed by atoms with Gasteiger partial charge in [0.25, 0.3) is 0 Å². The smallest absolute Gasteiger partial charge is 0.240 e. The van der Waals surface area contributed by atoms with Gasteiger partial charge in [-0.25, -0.2) is 13.1 Å². The SMILES string of the molecule is CC(O)c1ccc(S(=O)(=O)NC2CCCCC2O)cc1. The standard InChI is InChI=1S/C14H21NO4S/c1-10(16)11-6-8-12(9-7-11)20(18,19)15-13-4-2-3-5-14(13)17/h6-10,13-17H,2-5H2,1H3. The second-order valence-corrected chi connectivity index (χ2v) is 7.04. The summed E-state index contributed by atoms with van der Waals surface area (Å²) < 4.78 is 27.1. The molecule has 0 aromatic heterocycles. The van der Waals surface area contributed by atoms with Crippen molar-refractivity contribution in [3.63, 3.8) is 0 Å². The third-order valence-corrected chi connectivity index (χ3v) is 5.21. The van der Waals surface area contributed by atoms with Gasteiger partial charge in [0.2, 0.25) is 10.0 Å². The van der Waals surface area contributed by atoms with Gasteiger partial charge in [0.1, 0.15) is 0 Å². The quantitative estimate of drug-likeness (QED) is 0.782. The van der Waals surface area contributed by atoms with E-state index < -0.39 is 28.3 Å². The summed E-state index contributed by atoms with van der Waals surface area (Å²) in [5, 5.41) is 19.3. The molecule has 0 spiro atoms. The van der Waals surface area contributed by atoms with E-state index in [0.717, 1.165) is 12.8 Å². The largest absolute Gasteiger partial charge is 0.391 e. The zero-order valence-corrected chi connectivity index (χ0v) is 12.3. The predicted octanol–water partition coefficient (Wildman–Crippen LogP) is 1.32. The van der Waals surface area contributed by atoms with Gasteiger partial charge in [-0.2, -0.15) is 0 Å². The van der Waals surface area contributed by atoms with Crippen LogP contribution in [0.1, 0.15) is 44.3 Å². The minimum Gasteiger partial charge on any atom is -0.391 e. The van der Waals surface area contributed by atoms with Crippen molar-refractivity contribution < 1.29 is 18.6 Å². The maximum Gasteiger partial charge on any atom is 0.240 e. The Bertz CT molecular complexity index is 539. The Morgan fingerprint density at radius 3 is 2.35 bits per heavy atom. The summed E-state index contributed by atoms with van der Waals surface area (Å²) in [7, 11) is -3.63. The summed E-state index contributed by atoms with van der Waals surface area (Å²) in [6.45, 7) is 1.63. The second-order valence-electron chi connectivity index (χ2n) is 5.32. The average molecular weight is 299 g/mol. The highest BCUT2D eigenvalue weighted by atomic mass is 32.2. The molecule has 112 valence electrons. The summed E-state index contributed by atoms with van der Waals surface area (Å²) in [5.74, 6) is 0. The van der Waals surface area contributed by atoms with E-state index in [2.05, 4.69) is 4.72 Å². The summed E-state index contributed by atoms with van der Waals surface area (Å²) in [6.07, 6.45) is 1.91. The normalized spacial score (nSPS) is 25.4. The van der Waals surface area contributed by atoms with E-state index in [1.807, 2.05) is 0 Å². The maximum atomic E-state index is 12.2. The van der Waals surface area contributed by atoms with Crippen LogP contribution in [0.5, 0.6) is 0 Å². The molecule has 6 heteroatoms.